The van der Waals surface area contributed by atoms with Gasteiger partial charge in [-0.15, -0.1) is 0 Å². The van der Waals surface area contributed by atoms with Crippen molar-refractivity contribution in [3.05, 3.63) is 29.8 Å². The van der Waals surface area contributed by atoms with Crippen LogP contribution in [0.4, 0.5) is 5.69 Å². The molecular formula is C15H20N4O3. The molecule has 22 heavy (non-hydrogen) atoms. The fourth-order valence-corrected chi connectivity index (χ4v) is 2.35. The van der Waals surface area contributed by atoms with Crippen LogP contribution in [0.15, 0.2) is 24.3 Å². The van der Waals surface area contributed by atoms with Crippen LogP contribution in [-0.2, 0) is 9.59 Å². The topological polar surface area (TPSA) is 105 Å². The second kappa shape index (κ2) is 7.04. The molecule has 1 atom stereocenters. The molecule has 0 aromatic heterocycles. The summed E-state index contributed by atoms with van der Waals surface area (Å²) < 4.78 is 0. The molecule has 0 aliphatic carbocycles. The molecule has 4 N–H and O–H groups in total. The highest BCUT2D eigenvalue weighted by molar-refractivity contribution is 6.05. The highest BCUT2D eigenvalue weighted by Crippen LogP contribution is 2.20. The van der Waals surface area contributed by atoms with Crippen molar-refractivity contribution in [2.45, 2.75) is 6.42 Å². The Labute approximate surface area is 128 Å². The second-order valence-electron chi connectivity index (χ2n) is 5.25. The number of rotatable bonds is 5. The van der Waals surface area contributed by atoms with Gasteiger partial charge in [0, 0.05) is 33.1 Å². The zero-order valence-corrected chi connectivity index (χ0v) is 12.5. The average molecular weight is 304 g/mol. The van der Waals surface area contributed by atoms with Crippen LogP contribution in [0.1, 0.15) is 16.8 Å². The summed E-state index contributed by atoms with van der Waals surface area (Å²) in [5.41, 5.74) is 6.17. The number of benzene rings is 1. The number of hydrogen-bond acceptors (Lipinski definition) is 4. The van der Waals surface area contributed by atoms with Crippen molar-refractivity contribution in [2.75, 3.05) is 32.0 Å². The summed E-state index contributed by atoms with van der Waals surface area (Å²) in [5, 5.41) is 5.41. The summed E-state index contributed by atoms with van der Waals surface area (Å²) in [5.74, 6) is -0.982. The molecule has 3 amide bonds. The van der Waals surface area contributed by atoms with Crippen LogP contribution in [-0.4, -0.2) is 49.3 Å². The summed E-state index contributed by atoms with van der Waals surface area (Å²) in [6.45, 7) is 1.10. The van der Waals surface area contributed by atoms with Crippen molar-refractivity contribution >= 4 is 23.4 Å². The summed E-state index contributed by atoms with van der Waals surface area (Å²) >= 11 is 0. The van der Waals surface area contributed by atoms with E-state index < -0.39 is 5.92 Å². The fraction of sp³-hybridized carbons (Fsp3) is 0.400. The molecule has 1 aromatic rings. The Balaban J connectivity index is 2.08. The van der Waals surface area contributed by atoms with Gasteiger partial charge >= 0.3 is 0 Å². The van der Waals surface area contributed by atoms with E-state index in [-0.39, 0.29) is 24.1 Å². The predicted molar refractivity (Wildman–Crippen MR) is 82.2 cm³/mol. The van der Waals surface area contributed by atoms with Gasteiger partial charge in [0.2, 0.25) is 11.8 Å². The van der Waals surface area contributed by atoms with Gasteiger partial charge in [-0.2, -0.15) is 0 Å². The molecule has 1 saturated heterocycles. The van der Waals surface area contributed by atoms with Crippen LogP contribution in [0, 0.1) is 5.92 Å². The molecule has 0 spiro atoms. The zero-order chi connectivity index (χ0) is 16.1. The fourth-order valence-electron chi connectivity index (χ4n) is 2.35. The number of nitrogens with two attached hydrogens (primary N) is 1. The number of carbonyl (C=O) groups is 3. The lowest BCUT2D eigenvalue weighted by Crippen LogP contribution is -2.31. The van der Waals surface area contributed by atoms with Gasteiger partial charge in [-0.25, -0.2) is 0 Å². The molecule has 1 fully saturated rings. The van der Waals surface area contributed by atoms with Crippen LogP contribution in [0.2, 0.25) is 0 Å². The van der Waals surface area contributed by atoms with Crippen LogP contribution >= 0.6 is 0 Å². The number of amides is 3. The van der Waals surface area contributed by atoms with E-state index in [1.54, 1.807) is 31.3 Å². The van der Waals surface area contributed by atoms with E-state index >= 15 is 0 Å². The van der Waals surface area contributed by atoms with E-state index in [1.807, 2.05) is 0 Å². The van der Waals surface area contributed by atoms with E-state index in [2.05, 4.69) is 10.6 Å². The quantitative estimate of drug-likeness (QED) is 0.700. The molecular weight excluding hydrogens is 284 g/mol. The summed E-state index contributed by atoms with van der Waals surface area (Å²) in [6.07, 6.45) is 0.198. The average Bonchev–Trinajstić information content (AvgIpc) is 2.85. The Morgan fingerprint density at radius 2 is 2.09 bits per heavy atom. The van der Waals surface area contributed by atoms with Gasteiger partial charge < -0.3 is 21.3 Å². The maximum atomic E-state index is 12.3. The van der Waals surface area contributed by atoms with E-state index in [9.17, 15) is 14.4 Å². The van der Waals surface area contributed by atoms with Crippen LogP contribution in [0.3, 0.4) is 0 Å². The third kappa shape index (κ3) is 3.62. The van der Waals surface area contributed by atoms with Gasteiger partial charge in [0.1, 0.15) is 0 Å². The van der Waals surface area contributed by atoms with Crippen molar-refractivity contribution in [3.8, 4) is 0 Å². The molecule has 1 aliphatic heterocycles. The third-order valence-electron chi connectivity index (χ3n) is 3.57. The molecule has 0 radical (unpaired) electrons. The van der Waals surface area contributed by atoms with Gasteiger partial charge in [-0.1, -0.05) is 12.1 Å². The Hall–Kier alpha value is -2.41. The largest absolute Gasteiger partial charge is 0.351 e. The Bertz CT molecular complexity index is 588. The zero-order valence-electron chi connectivity index (χ0n) is 12.5. The monoisotopic (exact) mass is 304 g/mol. The van der Waals surface area contributed by atoms with Gasteiger partial charge in [0.15, 0.2) is 0 Å². The standard InChI is InChI=1S/C15H20N4O3/c1-19-9-10(8-13(19)20)14(21)18-12-5-3-2-4-11(12)15(22)17-7-6-16/h2-5,10H,6-9,16H2,1H3,(H,17,22)(H,18,21). The SMILES string of the molecule is CN1CC(C(=O)Nc2ccccc2C(=O)NCCN)CC1=O. The number of anilines is 1. The molecule has 7 nitrogen and oxygen atoms in total. The van der Waals surface area contributed by atoms with Crippen LogP contribution < -0.4 is 16.4 Å². The number of hydrogen-bond donors (Lipinski definition) is 3. The summed E-state index contributed by atoms with van der Waals surface area (Å²) in [6, 6.07) is 6.75. The lowest BCUT2D eigenvalue weighted by Gasteiger charge is -2.14. The smallest absolute Gasteiger partial charge is 0.253 e. The van der Waals surface area contributed by atoms with Crippen LogP contribution in [0.25, 0.3) is 0 Å². The minimum absolute atomic E-state index is 0.0471. The van der Waals surface area contributed by atoms with Crippen molar-refractivity contribution < 1.29 is 14.4 Å². The molecule has 1 aliphatic rings. The highest BCUT2D eigenvalue weighted by atomic mass is 16.2. The maximum absolute atomic E-state index is 12.3. The summed E-state index contributed by atoms with van der Waals surface area (Å²) in [7, 11) is 1.67. The minimum atomic E-state index is -0.391. The van der Waals surface area contributed by atoms with Crippen molar-refractivity contribution in [3.63, 3.8) is 0 Å². The molecule has 2 rings (SSSR count). The molecule has 1 heterocycles. The first-order valence-corrected chi connectivity index (χ1v) is 7.15. The minimum Gasteiger partial charge on any atom is -0.351 e. The number of nitrogens with zero attached hydrogens (tertiary/aromatic N) is 1. The van der Waals surface area contributed by atoms with Gasteiger partial charge in [-0.05, 0) is 12.1 Å². The van der Waals surface area contributed by atoms with Gasteiger partial charge in [0.05, 0.1) is 17.2 Å². The molecule has 118 valence electrons. The molecule has 7 heteroatoms. The first-order chi connectivity index (χ1) is 10.5. The molecule has 1 unspecified atom stereocenters. The maximum Gasteiger partial charge on any atom is 0.253 e. The predicted octanol–water partition coefficient (Wildman–Crippen LogP) is -0.208. The Kier molecular flexibility index (Phi) is 5.11. The van der Waals surface area contributed by atoms with E-state index in [0.29, 0.717) is 30.9 Å². The highest BCUT2D eigenvalue weighted by Gasteiger charge is 2.32. The first-order valence-electron chi connectivity index (χ1n) is 7.15. The Morgan fingerprint density at radius 3 is 2.73 bits per heavy atom. The van der Waals surface area contributed by atoms with Crippen LogP contribution in [0.5, 0.6) is 0 Å². The Morgan fingerprint density at radius 1 is 1.36 bits per heavy atom. The van der Waals surface area contributed by atoms with E-state index in [1.165, 1.54) is 4.90 Å². The number of nitrogens with one attached hydrogen (secondary N) is 2. The number of carbonyl (C=O) groups excluding carboxylic acids is 3. The van der Waals surface area contributed by atoms with E-state index in [4.69, 9.17) is 5.73 Å². The van der Waals surface area contributed by atoms with Gasteiger partial charge in [0.25, 0.3) is 5.91 Å². The van der Waals surface area contributed by atoms with Crippen molar-refractivity contribution in [2.24, 2.45) is 11.7 Å². The summed E-state index contributed by atoms with van der Waals surface area (Å²) in [4.78, 5) is 37.3. The molecule has 0 bridgehead atoms. The molecule has 0 saturated carbocycles. The van der Waals surface area contributed by atoms with Crippen molar-refractivity contribution in [1.29, 1.82) is 0 Å². The lowest BCUT2D eigenvalue weighted by molar-refractivity contribution is -0.127. The molecule has 1 aromatic carbocycles. The third-order valence-corrected chi connectivity index (χ3v) is 3.57. The van der Waals surface area contributed by atoms with Gasteiger partial charge in [-0.3, -0.25) is 14.4 Å². The first kappa shape index (κ1) is 16.0. The second-order valence-corrected chi connectivity index (χ2v) is 5.25. The van der Waals surface area contributed by atoms with Crippen molar-refractivity contribution in [1.82, 2.24) is 10.2 Å². The number of likely N-dealkylation sites (tertiary alicyclic amines) is 1. The van der Waals surface area contributed by atoms with E-state index in [0.717, 1.165) is 0 Å². The normalized spacial score (nSPS) is 17.5. The number of para-hydroxylation sites is 1. The lowest BCUT2D eigenvalue weighted by atomic mass is 10.1.